The minimum absolute atomic E-state index is 0.0437. The zero-order chi connectivity index (χ0) is 29.8. The fourth-order valence-electron chi connectivity index (χ4n) is 4.47. The number of ether oxygens (including phenoxy) is 1. The largest absolute Gasteiger partial charge is 0.444 e. The van der Waals surface area contributed by atoms with Gasteiger partial charge < -0.3 is 30.5 Å². The Balaban J connectivity index is 1.97. The van der Waals surface area contributed by atoms with E-state index in [0.717, 1.165) is 5.56 Å². The van der Waals surface area contributed by atoms with Crippen LogP contribution in [0, 0.1) is 18.9 Å². The zero-order valence-corrected chi connectivity index (χ0v) is 25.1. The molecule has 2 heterocycles. The molecule has 40 heavy (non-hydrogen) atoms. The number of aryl methyl sites for hydroxylation is 1. The SMILES string of the molecule is [C-]#[N+]c1c(Nc2cc(C(=O)NC)ccc2C)nc(NC2CCN(C(=O)OC(C)(C)C)C2)nc1N(C)CC(C)(C)C. The van der Waals surface area contributed by atoms with E-state index in [2.05, 4.69) is 41.6 Å². The molecular weight excluding hydrogens is 508 g/mol. The number of anilines is 4. The van der Waals surface area contributed by atoms with Crippen LogP contribution in [0.4, 0.5) is 33.8 Å². The zero-order valence-electron chi connectivity index (χ0n) is 25.1. The number of nitrogens with one attached hydrogen (secondary N) is 3. The predicted molar refractivity (Wildman–Crippen MR) is 159 cm³/mol. The third-order valence-corrected chi connectivity index (χ3v) is 6.20. The van der Waals surface area contributed by atoms with Crippen molar-refractivity contribution in [3.63, 3.8) is 0 Å². The normalized spacial score (nSPS) is 15.3. The van der Waals surface area contributed by atoms with Crippen molar-refractivity contribution in [1.82, 2.24) is 20.2 Å². The Morgan fingerprint density at radius 2 is 1.90 bits per heavy atom. The quantitative estimate of drug-likeness (QED) is 0.396. The van der Waals surface area contributed by atoms with Gasteiger partial charge >= 0.3 is 6.09 Å². The summed E-state index contributed by atoms with van der Waals surface area (Å²) in [5.41, 5.74) is 1.72. The number of hydrogen-bond donors (Lipinski definition) is 3. The molecule has 1 aromatic carbocycles. The first-order valence-corrected chi connectivity index (χ1v) is 13.4. The van der Waals surface area contributed by atoms with E-state index in [4.69, 9.17) is 21.3 Å². The molecule has 0 bridgehead atoms. The first-order chi connectivity index (χ1) is 18.6. The Bertz CT molecular complexity index is 1290. The highest BCUT2D eigenvalue weighted by Crippen LogP contribution is 2.38. The lowest BCUT2D eigenvalue weighted by Crippen LogP contribution is -2.36. The van der Waals surface area contributed by atoms with Gasteiger partial charge in [0.2, 0.25) is 5.95 Å². The second kappa shape index (κ2) is 12.0. The molecule has 0 aliphatic carbocycles. The Labute approximate surface area is 237 Å². The molecule has 11 nitrogen and oxygen atoms in total. The Hall–Kier alpha value is -4.07. The van der Waals surface area contributed by atoms with E-state index in [1.165, 1.54) is 0 Å². The molecule has 0 spiro atoms. The van der Waals surface area contributed by atoms with Gasteiger partial charge in [0.25, 0.3) is 11.6 Å². The van der Waals surface area contributed by atoms with Gasteiger partial charge in [0, 0.05) is 51.0 Å². The number of benzene rings is 1. The number of rotatable bonds is 7. The van der Waals surface area contributed by atoms with Crippen molar-refractivity contribution >= 4 is 41.0 Å². The van der Waals surface area contributed by atoms with Gasteiger partial charge in [0.15, 0.2) is 0 Å². The average molecular weight is 551 g/mol. The predicted octanol–water partition coefficient (Wildman–Crippen LogP) is 5.34. The van der Waals surface area contributed by atoms with E-state index >= 15 is 0 Å². The number of carbonyl (C=O) groups is 2. The van der Waals surface area contributed by atoms with Crippen LogP contribution in [0.15, 0.2) is 18.2 Å². The van der Waals surface area contributed by atoms with E-state index in [0.29, 0.717) is 54.9 Å². The van der Waals surface area contributed by atoms with E-state index in [9.17, 15) is 9.59 Å². The second-order valence-electron chi connectivity index (χ2n) is 12.4. The molecule has 3 N–H and O–H groups in total. The topological polar surface area (TPSA) is 116 Å². The molecule has 0 saturated carbocycles. The summed E-state index contributed by atoms with van der Waals surface area (Å²) in [5, 5.41) is 9.30. The van der Waals surface area contributed by atoms with Gasteiger partial charge in [-0.25, -0.2) is 19.6 Å². The molecule has 0 radical (unpaired) electrons. The summed E-state index contributed by atoms with van der Waals surface area (Å²) in [5.74, 6) is 0.969. The smallest absolute Gasteiger partial charge is 0.410 e. The van der Waals surface area contributed by atoms with Crippen molar-refractivity contribution in [2.75, 3.05) is 49.3 Å². The van der Waals surface area contributed by atoms with Crippen molar-refractivity contribution < 1.29 is 14.3 Å². The molecule has 1 aromatic heterocycles. The molecule has 1 atom stereocenters. The van der Waals surface area contributed by atoms with E-state index < -0.39 is 5.60 Å². The van der Waals surface area contributed by atoms with Crippen LogP contribution in [0.3, 0.4) is 0 Å². The van der Waals surface area contributed by atoms with Gasteiger partial charge in [-0.2, -0.15) is 0 Å². The van der Waals surface area contributed by atoms with E-state index in [1.807, 2.05) is 45.7 Å². The molecule has 1 unspecified atom stereocenters. The second-order valence-corrected chi connectivity index (χ2v) is 12.4. The number of likely N-dealkylation sites (tertiary alicyclic amines) is 1. The summed E-state index contributed by atoms with van der Waals surface area (Å²) in [6.07, 6.45) is 0.358. The number of carbonyl (C=O) groups excluding carboxylic acids is 2. The third-order valence-electron chi connectivity index (χ3n) is 6.20. The van der Waals surface area contributed by atoms with Crippen molar-refractivity contribution in [2.24, 2.45) is 5.41 Å². The molecule has 1 fully saturated rings. The lowest BCUT2D eigenvalue weighted by atomic mass is 9.96. The standard InChI is InChI=1S/C29H42N8O3/c1-18-11-12-19(25(38)31-9)15-21(18)33-23-22(30-8)24(36(10)17-28(2,3)4)35-26(34-23)32-20-13-14-37(16-20)27(39)40-29(5,6)7/h11-12,15,20H,13-14,16-17H2,1-7,9-10H3,(H,31,38)(H2,32,33,34,35). The number of aromatic nitrogens is 2. The van der Waals surface area contributed by atoms with Gasteiger partial charge in [0.05, 0.1) is 6.57 Å². The van der Waals surface area contributed by atoms with Crippen molar-refractivity contribution in [3.05, 3.63) is 40.7 Å². The van der Waals surface area contributed by atoms with Crippen LogP contribution >= 0.6 is 0 Å². The van der Waals surface area contributed by atoms with Crippen LogP contribution in [0.5, 0.6) is 0 Å². The Morgan fingerprint density at radius 1 is 1.20 bits per heavy atom. The molecule has 1 aliphatic heterocycles. The van der Waals surface area contributed by atoms with Crippen LogP contribution in [0.1, 0.15) is 63.9 Å². The average Bonchev–Trinajstić information content (AvgIpc) is 3.31. The van der Waals surface area contributed by atoms with Crippen LogP contribution in [-0.2, 0) is 4.74 Å². The van der Waals surface area contributed by atoms with Crippen LogP contribution < -0.4 is 20.9 Å². The summed E-state index contributed by atoms with van der Waals surface area (Å²) < 4.78 is 5.53. The van der Waals surface area contributed by atoms with Crippen molar-refractivity contribution in [2.45, 2.75) is 66.5 Å². The first kappa shape index (κ1) is 30.5. The summed E-state index contributed by atoms with van der Waals surface area (Å²) in [6.45, 7) is 23.5. The monoisotopic (exact) mass is 550 g/mol. The van der Waals surface area contributed by atoms with Crippen molar-refractivity contribution in [3.8, 4) is 0 Å². The van der Waals surface area contributed by atoms with Crippen LogP contribution in [0.25, 0.3) is 4.85 Å². The summed E-state index contributed by atoms with van der Waals surface area (Å²) in [6, 6.07) is 5.26. The molecule has 3 rings (SSSR count). The number of hydrogen-bond acceptors (Lipinski definition) is 8. The maximum absolute atomic E-state index is 12.6. The summed E-state index contributed by atoms with van der Waals surface area (Å²) in [7, 11) is 3.49. The van der Waals surface area contributed by atoms with E-state index in [-0.39, 0.29) is 29.1 Å². The van der Waals surface area contributed by atoms with Gasteiger partial charge in [-0.05, 0) is 57.2 Å². The molecular formula is C29H42N8O3. The molecule has 11 heteroatoms. The fourth-order valence-corrected chi connectivity index (χ4v) is 4.47. The van der Waals surface area contributed by atoms with Gasteiger partial charge in [-0.1, -0.05) is 26.8 Å². The molecule has 216 valence electrons. The highest BCUT2D eigenvalue weighted by Gasteiger charge is 2.31. The lowest BCUT2D eigenvalue weighted by Gasteiger charge is -2.29. The van der Waals surface area contributed by atoms with Crippen LogP contribution in [0.2, 0.25) is 0 Å². The third kappa shape index (κ3) is 7.97. The lowest BCUT2D eigenvalue weighted by molar-refractivity contribution is 0.0293. The minimum atomic E-state index is -0.568. The maximum Gasteiger partial charge on any atom is 0.410 e. The molecule has 1 aliphatic rings. The van der Waals surface area contributed by atoms with E-state index in [1.54, 1.807) is 24.1 Å². The maximum atomic E-state index is 12.6. The number of amides is 2. The van der Waals surface area contributed by atoms with Crippen LogP contribution in [-0.4, -0.2) is 72.2 Å². The summed E-state index contributed by atoms with van der Waals surface area (Å²) in [4.78, 5) is 41.7. The molecule has 1 saturated heterocycles. The molecule has 2 amide bonds. The minimum Gasteiger partial charge on any atom is -0.444 e. The molecule has 2 aromatic rings. The highest BCUT2D eigenvalue weighted by atomic mass is 16.6. The summed E-state index contributed by atoms with van der Waals surface area (Å²) >= 11 is 0. The van der Waals surface area contributed by atoms with Gasteiger partial charge in [-0.3, -0.25) is 4.79 Å². The Kier molecular flexibility index (Phi) is 9.13. The van der Waals surface area contributed by atoms with Crippen molar-refractivity contribution in [1.29, 1.82) is 0 Å². The van der Waals surface area contributed by atoms with Gasteiger partial charge in [0.1, 0.15) is 17.2 Å². The Morgan fingerprint density at radius 3 is 2.50 bits per heavy atom. The number of nitrogens with zero attached hydrogens (tertiary/aromatic N) is 5. The highest BCUT2D eigenvalue weighted by molar-refractivity contribution is 5.95. The van der Waals surface area contributed by atoms with Gasteiger partial charge in [-0.15, -0.1) is 0 Å². The first-order valence-electron chi connectivity index (χ1n) is 13.4. The fraction of sp³-hybridized carbons (Fsp3) is 0.552.